The summed E-state index contributed by atoms with van der Waals surface area (Å²) in [5, 5.41) is 19.1. The molecule has 20 heavy (non-hydrogen) atoms. The lowest BCUT2D eigenvalue weighted by molar-refractivity contribution is -0.249. The molecule has 0 atom stereocenters. The molecule has 0 bridgehead atoms. The van der Waals surface area contributed by atoms with Crippen molar-refractivity contribution in [3.63, 3.8) is 0 Å². The van der Waals surface area contributed by atoms with Gasteiger partial charge in [0.1, 0.15) is 0 Å². The van der Waals surface area contributed by atoms with Gasteiger partial charge in [-0.1, -0.05) is 30.3 Å². The van der Waals surface area contributed by atoms with Crippen molar-refractivity contribution < 1.29 is 24.8 Å². The minimum Gasteiger partial charge on any atom is -0.395 e. The van der Waals surface area contributed by atoms with Crippen molar-refractivity contribution in [2.45, 2.75) is 0 Å². The van der Waals surface area contributed by atoms with E-state index in [-0.39, 0.29) is 13.2 Å². The summed E-state index contributed by atoms with van der Waals surface area (Å²) in [6.45, 7) is 1.42. The maximum atomic E-state index is 10.8. The van der Waals surface area contributed by atoms with Gasteiger partial charge in [-0.25, -0.2) is 4.79 Å². The highest BCUT2D eigenvalue weighted by atomic mass is 17.2. The van der Waals surface area contributed by atoms with Crippen molar-refractivity contribution in [3.8, 4) is 0 Å². The van der Waals surface area contributed by atoms with Crippen LogP contribution in [0, 0.1) is 0 Å². The van der Waals surface area contributed by atoms with Crippen molar-refractivity contribution in [2.24, 2.45) is 0 Å². The van der Waals surface area contributed by atoms with Gasteiger partial charge < -0.3 is 15.5 Å². The van der Waals surface area contributed by atoms with E-state index in [4.69, 9.17) is 10.2 Å². The van der Waals surface area contributed by atoms with Crippen LogP contribution in [0.3, 0.4) is 0 Å². The summed E-state index contributed by atoms with van der Waals surface area (Å²) < 4.78 is 0. The van der Waals surface area contributed by atoms with Crippen LogP contribution in [0.4, 0.5) is 0 Å². The predicted molar refractivity (Wildman–Crippen MR) is 75.6 cm³/mol. The van der Waals surface area contributed by atoms with Crippen molar-refractivity contribution >= 4 is 12.0 Å². The predicted octanol–water partition coefficient (Wildman–Crippen LogP) is 0.365. The van der Waals surface area contributed by atoms with E-state index in [0.717, 1.165) is 5.56 Å². The molecule has 6 heteroatoms. The molecule has 0 fully saturated rings. The fourth-order valence-electron chi connectivity index (χ4n) is 1.12. The van der Waals surface area contributed by atoms with Crippen molar-refractivity contribution in [1.29, 1.82) is 0 Å². The average molecular weight is 283 g/mol. The fraction of sp³-hybridized carbons (Fsp3) is 0.357. The lowest BCUT2D eigenvalue weighted by atomic mass is 10.2. The molecule has 0 aliphatic rings. The summed E-state index contributed by atoms with van der Waals surface area (Å²) in [4.78, 5) is 19.2. The van der Waals surface area contributed by atoms with Gasteiger partial charge >= 0.3 is 5.97 Å². The van der Waals surface area contributed by atoms with Crippen LogP contribution in [0.15, 0.2) is 36.4 Å². The maximum absolute atomic E-state index is 10.8. The molecule has 0 aliphatic heterocycles. The van der Waals surface area contributed by atoms with E-state index in [2.05, 4.69) is 15.1 Å². The number of carbonyl (C=O) groups excluding carboxylic acids is 1. The molecule has 1 rings (SSSR count). The van der Waals surface area contributed by atoms with Gasteiger partial charge in [-0.05, 0) is 11.6 Å². The second-order valence-electron chi connectivity index (χ2n) is 3.51. The van der Waals surface area contributed by atoms with Gasteiger partial charge in [0.25, 0.3) is 0 Å². The molecule has 0 aromatic heterocycles. The highest BCUT2D eigenvalue weighted by Crippen LogP contribution is 2.00. The topological polar surface area (TPSA) is 88.0 Å². The summed E-state index contributed by atoms with van der Waals surface area (Å²) >= 11 is 0. The standard InChI is InChI=1S/C10H10O3.C4H11NO2/c1-12-13-10(11)8-7-9-5-3-2-4-6-9;6-3-1-5-2-4-7/h2-8H,1H3;5-7H,1-4H2/b8-7+;. The Morgan fingerprint density at radius 3 is 2.30 bits per heavy atom. The van der Waals surface area contributed by atoms with Gasteiger partial charge in [0.05, 0.1) is 20.3 Å². The van der Waals surface area contributed by atoms with Gasteiger partial charge in [-0.15, -0.1) is 0 Å². The minimum atomic E-state index is -0.522. The first-order valence-electron chi connectivity index (χ1n) is 6.14. The number of aliphatic hydroxyl groups excluding tert-OH is 2. The lowest BCUT2D eigenvalue weighted by Gasteiger charge is -1.94. The van der Waals surface area contributed by atoms with Crippen molar-refractivity contribution in [3.05, 3.63) is 42.0 Å². The zero-order valence-electron chi connectivity index (χ0n) is 11.5. The minimum absolute atomic E-state index is 0.139. The molecule has 0 heterocycles. The third-order valence-corrected chi connectivity index (χ3v) is 1.95. The monoisotopic (exact) mass is 283 g/mol. The Bertz CT molecular complexity index is 363. The Labute approximate surface area is 118 Å². The first-order valence-corrected chi connectivity index (χ1v) is 6.14. The van der Waals surface area contributed by atoms with Crippen LogP contribution < -0.4 is 5.32 Å². The Kier molecular flexibility index (Phi) is 12.5. The molecule has 0 aliphatic carbocycles. The smallest absolute Gasteiger partial charge is 0.365 e. The molecule has 3 N–H and O–H groups in total. The lowest BCUT2D eigenvalue weighted by Crippen LogP contribution is -2.21. The van der Waals surface area contributed by atoms with Crippen LogP contribution in [-0.2, 0) is 14.6 Å². The van der Waals surface area contributed by atoms with Gasteiger partial charge in [-0.2, -0.15) is 4.89 Å². The molecule has 112 valence electrons. The molecule has 0 saturated heterocycles. The summed E-state index contributed by atoms with van der Waals surface area (Å²) in [5.74, 6) is -0.522. The van der Waals surface area contributed by atoms with Crippen LogP contribution in [0.25, 0.3) is 6.08 Å². The second kappa shape index (κ2) is 13.7. The summed E-state index contributed by atoms with van der Waals surface area (Å²) in [6, 6.07) is 9.46. The number of nitrogens with one attached hydrogen (secondary N) is 1. The van der Waals surface area contributed by atoms with E-state index in [0.29, 0.717) is 13.1 Å². The SMILES string of the molecule is COOC(=O)/C=C/c1ccccc1.OCCNCCO. The van der Waals surface area contributed by atoms with Gasteiger partial charge in [0, 0.05) is 19.2 Å². The van der Waals surface area contributed by atoms with Gasteiger partial charge in [0.15, 0.2) is 0 Å². The number of hydrogen-bond acceptors (Lipinski definition) is 6. The number of rotatable bonds is 7. The van der Waals surface area contributed by atoms with Crippen LogP contribution in [0.2, 0.25) is 0 Å². The third-order valence-electron chi connectivity index (χ3n) is 1.95. The second-order valence-corrected chi connectivity index (χ2v) is 3.51. The number of aliphatic hydroxyl groups is 2. The Hall–Kier alpha value is -1.73. The van der Waals surface area contributed by atoms with Gasteiger partial charge in [-0.3, -0.25) is 4.89 Å². The van der Waals surface area contributed by atoms with E-state index >= 15 is 0 Å². The highest BCUT2D eigenvalue weighted by Gasteiger charge is 1.94. The normalized spacial score (nSPS) is 9.95. The molecule has 1 aromatic rings. The maximum Gasteiger partial charge on any atom is 0.365 e. The number of benzene rings is 1. The first-order chi connectivity index (χ1) is 9.74. The van der Waals surface area contributed by atoms with E-state index in [1.165, 1.54) is 13.2 Å². The van der Waals surface area contributed by atoms with Crippen LogP contribution >= 0.6 is 0 Å². The molecule has 0 saturated carbocycles. The molecular formula is C14H21NO5. The van der Waals surface area contributed by atoms with E-state index in [1.54, 1.807) is 6.08 Å². The largest absolute Gasteiger partial charge is 0.395 e. The first kappa shape index (κ1) is 18.3. The quantitative estimate of drug-likeness (QED) is 0.290. The highest BCUT2D eigenvalue weighted by molar-refractivity contribution is 5.86. The zero-order valence-corrected chi connectivity index (χ0v) is 11.5. The van der Waals surface area contributed by atoms with E-state index in [1.807, 2.05) is 30.3 Å². The van der Waals surface area contributed by atoms with Crippen LogP contribution in [-0.4, -0.2) is 49.6 Å². The Morgan fingerprint density at radius 1 is 1.20 bits per heavy atom. The van der Waals surface area contributed by atoms with Crippen molar-refractivity contribution in [1.82, 2.24) is 5.32 Å². The zero-order chi connectivity index (χ0) is 15.1. The van der Waals surface area contributed by atoms with E-state index < -0.39 is 5.97 Å². The molecule has 0 amide bonds. The van der Waals surface area contributed by atoms with Crippen molar-refractivity contribution in [2.75, 3.05) is 33.4 Å². The third kappa shape index (κ3) is 11.4. The summed E-state index contributed by atoms with van der Waals surface area (Å²) in [5.41, 5.74) is 0.940. The fourth-order valence-corrected chi connectivity index (χ4v) is 1.12. The Balaban J connectivity index is 0.000000441. The summed E-state index contributed by atoms with van der Waals surface area (Å²) in [6.07, 6.45) is 2.96. The number of carbonyl (C=O) groups is 1. The molecule has 1 aromatic carbocycles. The number of hydrogen-bond donors (Lipinski definition) is 3. The molecular weight excluding hydrogens is 262 g/mol. The molecule has 0 unspecified atom stereocenters. The molecule has 0 spiro atoms. The Morgan fingerprint density at radius 2 is 1.80 bits per heavy atom. The molecule has 0 radical (unpaired) electrons. The summed E-state index contributed by atoms with van der Waals surface area (Å²) in [7, 11) is 1.29. The molecule has 6 nitrogen and oxygen atoms in total. The van der Waals surface area contributed by atoms with Crippen LogP contribution in [0.1, 0.15) is 5.56 Å². The van der Waals surface area contributed by atoms with Gasteiger partial charge in [0.2, 0.25) is 0 Å². The van der Waals surface area contributed by atoms with E-state index in [9.17, 15) is 4.79 Å². The average Bonchev–Trinajstić information content (AvgIpc) is 2.48. The van der Waals surface area contributed by atoms with Crippen LogP contribution in [0.5, 0.6) is 0 Å².